The number of quaternary nitrogens is 1. The summed E-state index contributed by atoms with van der Waals surface area (Å²) in [6.45, 7) is 10.6. The van der Waals surface area contributed by atoms with Gasteiger partial charge >= 0.3 is 0 Å². The largest absolute Gasteiger partial charge is 0.352 e. The third-order valence-electron chi connectivity index (χ3n) is 4.67. The van der Waals surface area contributed by atoms with Crippen molar-refractivity contribution in [2.45, 2.75) is 70.5 Å². The third kappa shape index (κ3) is 4.54. The standard InChI is InChI=1S/C18H27N3O3/c1-12(13-6-8-15(9-7-13)21(23)24)16(22)19-14-10-17(2,3)20-18(4,5)11-14/h6-9,12,14,20H,10-11H2,1-5H3,(H,19,22)/p+1/t12-/m0/s1. The fraction of sp³-hybridized carbons (Fsp3) is 0.611. The zero-order chi connectivity index (χ0) is 18.1. The molecular formula is C18H28N3O3+. The van der Waals surface area contributed by atoms with Crippen LogP contribution in [-0.2, 0) is 4.79 Å². The molecule has 0 aromatic heterocycles. The summed E-state index contributed by atoms with van der Waals surface area (Å²) < 4.78 is 0. The molecule has 1 aromatic carbocycles. The lowest BCUT2D eigenvalue weighted by Gasteiger charge is -2.43. The van der Waals surface area contributed by atoms with Crippen LogP contribution in [0.1, 0.15) is 58.9 Å². The first kappa shape index (κ1) is 18.4. The lowest BCUT2D eigenvalue weighted by Crippen LogP contribution is -3.06. The van der Waals surface area contributed by atoms with Gasteiger partial charge in [-0.2, -0.15) is 0 Å². The summed E-state index contributed by atoms with van der Waals surface area (Å²) in [6, 6.07) is 6.35. The van der Waals surface area contributed by atoms with Gasteiger partial charge in [0, 0.05) is 31.0 Å². The number of nitrogens with two attached hydrogens (primary N) is 1. The molecule has 1 atom stereocenters. The van der Waals surface area contributed by atoms with Gasteiger partial charge in [0.1, 0.15) is 0 Å². The van der Waals surface area contributed by atoms with Crippen LogP contribution in [0.25, 0.3) is 0 Å². The highest BCUT2D eigenvalue weighted by molar-refractivity contribution is 5.83. The Hall–Kier alpha value is -1.95. The average Bonchev–Trinajstić information content (AvgIpc) is 2.43. The number of nitro benzene ring substituents is 1. The molecule has 1 heterocycles. The molecule has 1 aliphatic heterocycles. The Labute approximate surface area is 143 Å². The van der Waals surface area contributed by atoms with E-state index in [1.54, 1.807) is 12.1 Å². The van der Waals surface area contributed by atoms with Crippen LogP contribution in [0.4, 0.5) is 5.69 Å². The minimum Gasteiger partial charge on any atom is -0.352 e. The van der Waals surface area contributed by atoms with E-state index in [1.807, 2.05) is 6.92 Å². The molecule has 1 aliphatic rings. The zero-order valence-electron chi connectivity index (χ0n) is 15.1. The highest BCUT2D eigenvalue weighted by Crippen LogP contribution is 2.24. The molecule has 132 valence electrons. The van der Waals surface area contributed by atoms with E-state index in [0.29, 0.717) is 0 Å². The number of benzene rings is 1. The highest BCUT2D eigenvalue weighted by atomic mass is 16.6. The van der Waals surface area contributed by atoms with Crippen molar-refractivity contribution in [1.82, 2.24) is 5.32 Å². The van der Waals surface area contributed by atoms with Gasteiger partial charge in [-0.05, 0) is 40.2 Å². The van der Waals surface area contributed by atoms with Crippen LogP contribution in [-0.4, -0.2) is 28.0 Å². The Bertz CT molecular complexity index is 607. The second-order valence-electron chi connectivity index (χ2n) is 8.31. The number of carbonyl (C=O) groups is 1. The number of non-ortho nitro benzene ring substituents is 1. The normalized spacial score (nSPS) is 21.0. The van der Waals surface area contributed by atoms with Crippen LogP contribution in [0.5, 0.6) is 0 Å². The van der Waals surface area contributed by atoms with Crippen molar-refractivity contribution in [2.24, 2.45) is 0 Å². The lowest BCUT2D eigenvalue weighted by atomic mass is 9.79. The quantitative estimate of drug-likeness (QED) is 0.653. The maximum Gasteiger partial charge on any atom is 0.269 e. The van der Waals surface area contributed by atoms with Crippen molar-refractivity contribution in [1.29, 1.82) is 0 Å². The topological polar surface area (TPSA) is 88.8 Å². The van der Waals surface area contributed by atoms with Gasteiger partial charge < -0.3 is 10.6 Å². The molecule has 0 unspecified atom stereocenters. The zero-order valence-corrected chi connectivity index (χ0v) is 15.1. The van der Waals surface area contributed by atoms with E-state index in [9.17, 15) is 14.9 Å². The number of nitrogens with one attached hydrogen (secondary N) is 1. The maximum absolute atomic E-state index is 12.6. The van der Waals surface area contributed by atoms with Crippen molar-refractivity contribution in [3.8, 4) is 0 Å². The smallest absolute Gasteiger partial charge is 0.269 e. The van der Waals surface area contributed by atoms with Crippen LogP contribution in [0, 0.1) is 10.1 Å². The molecule has 2 rings (SSSR count). The Kier molecular flexibility index (Phi) is 4.99. The number of carbonyl (C=O) groups excluding carboxylic acids is 1. The minimum absolute atomic E-state index is 0.0256. The Morgan fingerprint density at radius 2 is 1.71 bits per heavy atom. The summed E-state index contributed by atoms with van der Waals surface area (Å²) in [5.41, 5.74) is 1.02. The fourth-order valence-corrected chi connectivity index (χ4v) is 3.98. The molecule has 0 radical (unpaired) electrons. The van der Waals surface area contributed by atoms with E-state index in [4.69, 9.17) is 0 Å². The summed E-state index contributed by atoms with van der Waals surface area (Å²) in [5.74, 6) is -0.356. The lowest BCUT2D eigenvalue weighted by molar-refractivity contribution is -0.787. The Balaban J connectivity index is 2.04. The molecule has 3 N–H and O–H groups in total. The van der Waals surface area contributed by atoms with E-state index in [2.05, 4.69) is 38.3 Å². The van der Waals surface area contributed by atoms with E-state index < -0.39 is 4.92 Å². The molecule has 1 aromatic rings. The van der Waals surface area contributed by atoms with E-state index in [-0.39, 0.29) is 34.6 Å². The number of hydrogen-bond donors (Lipinski definition) is 2. The summed E-state index contributed by atoms with van der Waals surface area (Å²) in [4.78, 5) is 22.9. The minimum atomic E-state index is -0.433. The number of piperidine rings is 1. The van der Waals surface area contributed by atoms with Gasteiger partial charge in [-0.15, -0.1) is 0 Å². The highest BCUT2D eigenvalue weighted by Gasteiger charge is 2.42. The molecule has 6 nitrogen and oxygen atoms in total. The first-order valence-electron chi connectivity index (χ1n) is 8.41. The van der Waals surface area contributed by atoms with Gasteiger partial charge in [0.15, 0.2) is 0 Å². The number of hydrogen-bond acceptors (Lipinski definition) is 3. The van der Waals surface area contributed by atoms with Gasteiger partial charge in [-0.3, -0.25) is 14.9 Å². The molecule has 0 spiro atoms. The van der Waals surface area contributed by atoms with Crippen molar-refractivity contribution >= 4 is 11.6 Å². The number of rotatable bonds is 4. The molecule has 0 bridgehead atoms. The number of amides is 1. The summed E-state index contributed by atoms with van der Waals surface area (Å²) in [5, 5.41) is 16.3. The van der Waals surface area contributed by atoms with E-state index in [1.165, 1.54) is 12.1 Å². The average molecular weight is 334 g/mol. The number of nitro groups is 1. The first-order chi connectivity index (χ1) is 11.0. The molecule has 6 heteroatoms. The predicted molar refractivity (Wildman–Crippen MR) is 92.8 cm³/mol. The Morgan fingerprint density at radius 3 is 2.17 bits per heavy atom. The van der Waals surface area contributed by atoms with Gasteiger partial charge in [-0.25, -0.2) is 0 Å². The number of nitrogens with zero attached hydrogens (tertiary/aromatic N) is 1. The molecule has 1 fully saturated rings. The monoisotopic (exact) mass is 334 g/mol. The van der Waals surface area contributed by atoms with Gasteiger partial charge in [0.2, 0.25) is 5.91 Å². The molecule has 0 saturated carbocycles. The van der Waals surface area contributed by atoms with Crippen LogP contribution >= 0.6 is 0 Å². The van der Waals surface area contributed by atoms with Gasteiger partial charge in [-0.1, -0.05) is 12.1 Å². The molecule has 1 amide bonds. The summed E-state index contributed by atoms with van der Waals surface area (Å²) in [7, 11) is 0. The van der Waals surface area contributed by atoms with Crippen LogP contribution < -0.4 is 10.6 Å². The molecule has 0 aliphatic carbocycles. The van der Waals surface area contributed by atoms with Gasteiger partial charge in [0.05, 0.1) is 21.9 Å². The van der Waals surface area contributed by atoms with Gasteiger partial charge in [0.25, 0.3) is 5.69 Å². The molecular weight excluding hydrogens is 306 g/mol. The fourth-order valence-electron chi connectivity index (χ4n) is 3.98. The SMILES string of the molecule is C[C@H](C(=O)NC1CC(C)(C)[NH2+]C(C)(C)C1)c1ccc([N+](=O)[O-])cc1. The molecule has 1 saturated heterocycles. The van der Waals surface area contributed by atoms with Crippen LogP contribution in [0.15, 0.2) is 24.3 Å². The van der Waals surface area contributed by atoms with E-state index >= 15 is 0 Å². The molecule has 24 heavy (non-hydrogen) atoms. The maximum atomic E-state index is 12.6. The van der Waals surface area contributed by atoms with Crippen molar-refractivity contribution in [3.63, 3.8) is 0 Å². The van der Waals surface area contributed by atoms with Crippen LogP contribution in [0.2, 0.25) is 0 Å². The predicted octanol–water partition coefficient (Wildman–Crippen LogP) is 2.10. The second kappa shape index (κ2) is 6.51. The second-order valence-corrected chi connectivity index (χ2v) is 8.31. The summed E-state index contributed by atoms with van der Waals surface area (Å²) >= 11 is 0. The first-order valence-corrected chi connectivity index (χ1v) is 8.41. The van der Waals surface area contributed by atoms with Crippen LogP contribution in [0.3, 0.4) is 0 Å². The van der Waals surface area contributed by atoms with E-state index in [0.717, 1.165) is 18.4 Å². The van der Waals surface area contributed by atoms with Crippen molar-refractivity contribution in [3.05, 3.63) is 39.9 Å². The van der Waals surface area contributed by atoms with Crippen molar-refractivity contribution in [2.75, 3.05) is 0 Å². The van der Waals surface area contributed by atoms with Crippen molar-refractivity contribution < 1.29 is 15.0 Å². The third-order valence-corrected chi connectivity index (χ3v) is 4.67. The summed E-state index contributed by atoms with van der Waals surface area (Å²) in [6.07, 6.45) is 1.85. The Morgan fingerprint density at radius 1 is 1.21 bits per heavy atom.